The highest BCUT2D eigenvalue weighted by atomic mass is 31.1. The van der Waals surface area contributed by atoms with E-state index in [0.29, 0.717) is 0 Å². The second-order valence-electron chi connectivity index (χ2n) is 24.0. The summed E-state index contributed by atoms with van der Waals surface area (Å²) in [6, 6.07) is 26.1. The second-order valence-corrected chi connectivity index (χ2v) is 26.1. The fraction of sp³-hybridized carbons (Fsp3) is 0.419. The van der Waals surface area contributed by atoms with Gasteiger partial charge in [0, 0.05) is 43.8 Å². The summed E-state index contributed by atoms with van der Waals surface area (Å²) in [5.41, 5.74) is 21.0. The van der Waals surface area contributed by atoms with Crippen LogP contribution in [0.5, 0.6) is 0 Å². The molecule has 6 aromatic carbocycles. The maximum atomic E-state index is 7.11. The fourth-order valence-corrected chi connectivity index (χ4v) is 12.0. The number of fused-ring (bicyclic) bond motifs is 6. The van der Waals surface area contributed by atoms with Crippen LogP contribution in [0.3, 0.4) is 0 Å². The Morgan fingerprint density at radius 1 is 0.357 bits per heavy atom. The van der Waals surface area contributed by atoms with Gasteiger partial charge in [0.1, 0.15) is 22.3 Å². The molecule has 370 valence electrons. The van der Waals surface area contributed by atoms with Crippen molar-refractivity contribution in [1.29, 1.82) is 0 Å². The molecule has 0 unspecified atom stereocenters. The molecule has 0 aliphatic rings. The SMILES string of the molecule is Cc1cc(C(C)(C)C)c2op(OCc3ccccc3-c3ccccc3COp3oc4c(C(C)(C)C)cc(C)c(C)c4c4c(C)c(C)cc(C(C)(C)C)c4o3)oc3c(C(C)(C)C)cc(C)c(C)c3c2c1C. The molecule has 6 nitrogen and oxygen atoms in total. The zero-order valence-electron chi connectivity index (χ0n) is 45.7. The molecular formula is C62H76O6P2. The van der Waals surface area contributed by atoms with Gasteiger partial charge in [0.15, 0.2) is 0 Å². The van der Waals surface area contributed by atoms with Gasteiger partial charge in [-0.2, -0.15) is 0 Å². The zero-order chi connectivity index (χ0) is 51.2. The standard InChI is InChI=1S/C62H76O6P2/c1-35-29-47(59(9,10)11)55-51(39(35)5)52-40(6)36(2)30-48(60(12,13)14)56(52)66-69(65-55)63-33-43-25-21-23-27-45(43)46-28-24-22-26-44(46)34-64-70-67-57-49(61(15,16)17)31-37(3)41(7)53(57)54-42(8)38(4)32-50(58(54)68-70)62(18,19)20/h21-32H,33-34H2,1-20H3. The highest BCUT2D eigenvalue weighted by molar-refractivity contribution is 7.32. The minimum absolute atomic E-state index is 0.197. The lowest BCUT2D eigenvalue weighted by atomic mass is 9.81. The van der Waals surface area contributed by atoms with Gasteiger partial charge in [-0.1, -0.05) is 156 Å². The molecule has 0 N–H and O–H groups in total. The number of hydrogen-bond donors (Lipinski definition) is 0. The molecule has 0 fully saturated rings. The van der Waals surface area contributed by atoms with Crippen LogP contribution >= 0.6 is 16.5 Å². The van der Waals surface area contributed by atoms with Crippen molar-refractivity contribution in [2.24, 2.45) is 0 Å². The van der Waals surface area contributed by atoms with Crippen LogP contribution in [0.4, 0.5) is 0 Å². The van der Waals surface area contributed by atoms with Crippen molar-refractivity contribution in [3.05, 3.63) is 151 Å². The summed E-state index contributed by atoms with van der Waals surface area (Å²) < 4.78 is 42.3. The van der Waals surface area contributed by atoms with Crippen LogP contribution in [0.1, 0.15) is 161 Å². The Kier molecular flexibility index (Phi) is 13.6. The predicted molar refractivity (Wildman–Crippen MR) is 298 cm³/mol. The van der Waals surface area contributed by atoms with Crippen LogP contribution in [0.2, 0.25) is 0 Å². The summed E-state index contributed by atoms with van der Waals surface area (Å²) >= 11 is 0. The van der Waals surface area contributed by atoms with Crippen molar-refractivity contribution >= 4 is 60.4 Å². The third-order valence-corrected chi connectivity index (χ3v) is 16.6. The smallest absolute Gasteiger partial charge is 0.387 e. The van der Waals surface area contributed by atoms with Crippen molar-refractivity contribution in [3.63, 3.8) is 0 Å². The maximum Gasteiger partial charge on any atom is 0.387 e. The molecule has 0 aliphatic heterocycles. The molecule has 0 atom stereocenters. The molecular weight excluding hydrogens is 903 g/mol. The Labute approximate surface area is 419 Å². The van der Waals surface area contributed by atoms with Crippen LogP contribution in [0, 0.1) is 55.4 Å². The van der Waals surface area contributed by atoms with E-state index in [1.54, 1.807) is 0 Å². The third kappa shape index (κ3) is 9.59. The molecule has 0 saturated heterocycles. The second kappa shape index (κ2) is 18.6. The van der Waals surface area contributed by atoms with Gasteiger partial charge in [0.05, 0.1) is 13.2 Å². The molecule has 0 amide bonds. The van der Waals surface area contributed by atoms with Crippen LogP contribution in [-0.2, 0) is 34.9 Å². The van der Waals surface area contributed by atoms with Gasteiger partial charge in [-0.05, 0) is 144 Å². The summed E-state index contributed by atoms with van der Waals surface area (Å²) in [6.45, 7) is 45.2. The Morgan fingerprint density at radius 3 is 0.814 bits per heavy atom. The molecule has 8 rings (SSSR count). The first kappa shape index (κ1) is 51.4. The molecule has 70 heavy (non-hydrogen) atoms. The van der Waals surface area contributed by atoms with Gasteiger partial charge in [-0.25, -0.2) is 0 Å². The van der Waals surface area contributed by atoms with E-state index in [4.69, 9.17) is 25.8 Å². The molecule has 0 radical (unpaired) electrons. The van der Waals surface area contributed by atoms with Gasteiger partial charge in [-0.3, -0.25) is 9.05 Å². The first-order chi connectivity index (χ1) is 32.6. The molecule has 0 spiro atoms. The molecule has 2 aromatic heterocycles. The minimum atomic E-state index is -1.90. The van der Waals surface area contributed by atoms with E-state index in [1.807, 2.05) is 0 Å². The topological polar surface area (TPSA) is 71.0 Å². The van der Waals surface area contributed by atoms with Crippen molar-refractivity contribution < 1.29 is 25.8 Å². The van der Waals surface area contributed by atoms with Crippen LogP contribution in [0.25, 0.3) is 55.0 Å². The van der Waals surface area contributed by atoms with Crippen LogP contribution < -0.4 is 9.05 Å². The highest BCUT2D eigenvalue weighted by Gasteiger charge is 2.30. The van der Waals surface area contributed by atoms with Gasteiger partial charge < -0.3 is 16.8 Å². The number of rotatable bonds is 7. The Balaban J connectivity index is 1.26. The summed E-state index contributed by atoms with van der Waals surface area (Å²) in [5.74, 6) is 0. The maximum absolute atomic E-state index is 7.11. The fourth-order valence-electron chi connectivity index (χ4n) is 9.88. The van der Waals surface area contributed by atoms with E-state index in [-0.39, 0.29) is 34.9 Å². The van der Waals surface area contributed by atoms with E-state index in [1.165, 1.54) is 44.5 Å². The summed E-state index contributed by atoms with van der Waals surface area (Å²) in [5, 5.41) is 4.41. The summed E-state index contributed by atoms with van der Waals surface area (Å²) in [4.78, 5) is 0. The number of hydrogen-bond acceptors (Lipinski definition) is 6. The van der Waals surface area contributed by atoms with Gasteiger partial charge in [0.2, 0.25) is 0 Å². The van der Waals surface area contributed by atoms with Crippen LogP contribution in [0.15, 0.2) is 89.6 Å². The molecule has 8 aromatic rings. The molecule has 0 aliphatic carbocycles. The van der Waals surface area contributed by atoms with E-state index >= 15 is 0 Å². The molecule has 0 saturated carbocycles. The minimum Gasteiger partial charge on any atom is -0.399 e. The average molecular weight is 979 g/mol. The van der Waals surface area contributed by atoms with Gasteiger partial charge in [0.25, 0.3) is 0 Å². The average Bonchev–Trinajstić information content (AvgIpc) is 3.55. The van der Waals surface area contributed by atoms with Crippen LogP contribution in [-0.4, -0.2) is 0 Å². The predicted octanol–water partition coefficient (Wildman–Crippen LogP) is 19.5. The van der Waals surface area contributed by atoms with Crippen molar-refractivity contribution in [1.82, 2.24) is 0 Å². The number of benzene rings is 6. The quantitative estimate of drug-likeness (QED) is 0.158. The largest absolute Gasteiger partial charge is 0.399 e. The lowest BCUT2D eigenvalue weighted by Gasteiger charge is -2.23. The molecule has 0 bridgehead atoms. The Bertz CT molecular complexity index is 3040. The third-order valence-electron chi connectivity index (χ3n) is 14.6. The van der Waals surface area contributed by atoms with Crippen molar-refractivity contribution in [3.8, 4) is 11.1 Å². The Hall–Kier alpha value is -4.96. The first-order valence-electron chi connectivity index (χ1n) is 24.9. The first-order valence-corrected chi connectivity index (χ1v) is 27.1. The number of aryl methyl sites for hydroxylation is 8. The highest BCUT2D eigenvalue weighted by Crippen LogP contribution is 2.48. The zero-order valence-corrected chi connectivity index (χ0v) is 47.5. The monoisotopic (exact) mass is 979 g/mol. The van der Waals surface area contributed by atoms with E-state index < -0.39 is 16.5 Å². The van der Waals surface area contributed by atoms with Crippen molar-refractivity contribution in [2.75, 3.05) is 0 Å². The van der Waals surface area contributed by atoms with Gasteiger partial charge >= 0.3 is 16.5 Å². The van der Waals surface area contributed by atoms with Gasteiger partial charge in [-0.15, -0.1) is 0 Å². The lowest BCUT2D eigenvalue weighted by Crippen LogP contribution is -2.13. The van der Waals surface area contributed by atoms with E-state index in [9.17, 15) is 0 Å². The summed E-state index contributed by atoms with van der Waals surface area (Å²) in [7, 11) is -3.80. The molecule has 8 heteroatoms. The summed E-state index contributed by atoms with van der Waals surface area (Å²) in [6.07, 6.45) is 0. The Morgan fingerprint density at radius 2 is 0.586 bits per heavy atom. The lowest BCUT2D eigenvalue weighted by molar-refractivity contribution is 0.361. The molecule has 2 heterocycles. The normalized spacial score (nSPS) is 12.8. The van der Waals surface area contributed by atoms with E-state index in [0.717, 1.165) is 88.4 Å². The van der Waals surface area contributed by atoms with E-state index in [2.05, 4.69) is 211 Å². The van der Waals surface area contributed by atoms with Crippen molar-refractivity contribution in [2.45, 2.75) is 173 Å².